The Balaban J connectivity index is 2.30. The van der Waals surface area contributed by atoms with Crippen molar-refractivity contribution in [3.05, 3.63) is 40.4 Å². The molecule has 2 aromatic rings. The Hall–Kier alpha value is -1.73. The average Bonchev–Trinajstić information content (AvgIpc) is 2.26. The van der Waals surface area contributed by atoms with Crippen LogP contribution in [0.1, 0.15) is 5.82 Å². The first-order valence-electron chi connectivity index (χ1n) is 5.03. The highest BCUT2D eigenvalue weighted by molar-refractivity contribution is 9.10. The summed E-state index contributed by atoms with van der Waals surface area (Å²) < 4.78 is 19.2. The van der Waals surface area contributed by atoms with Crippen molar-refractivity contribution in [3.63, 3.8) is 0 Å². The molecule has 0 unspecified atom stereocenters. The lowest BCUT2D eigenvalue weighted by atomic mass is 10.3. The summed E-state index contributed by atoms with van der Waals surface area (Å²) >= 11 is 3.18. The number of nitrogens with two attached hydrogens (primary N) is 1. The number of hydrogen-bond acceptors (Lipinski definition) is 5. The number of nitrogens with zero attached hydrogens (tertiary/aromatic N) is 2. The van der Waals surface area contributed by atoms with E-state index in [1.54, 1.807) is 13.0 Å². The van der Waals surface area contributed by atoms with E-state index in [1.165, 1.54) is 18.2 Å². The van der Waals surface area contributed by atoms with Crippen LogP contribution in [0, 0.1) is 12.7 Å². The van der Waals surface area contributed by atoms with Crippen molar-refractivity contribution in [2.45, 2.75) is 6.92 Å². The third kappa shape index (κ3) is 3.14. The number of hydrogen-bond donors (Lipinski definition) is 2. The van der Waals surface area contributed by atoms with Gasteiger partial charge in [0.05, 0.1) is 0 Å². The van der Waals surface area contributed by atoms with Gasteiger partial charge in [-0.25, -0.2) is 15.2 Å². The molecule has 1 aromatic carbocycles. The Labute approximate surface area is 111 Å². The molecule has 2 rings (SSSR count). The minimum atomic E-state index is -0.401. The monoisotopic (exact) mass is 312 g/mol. The summed E-state index contributed by atoms with van der Waals surface area (Å²) in [5, 5.41) is 0. The van der Waals surface area contributed by atoms with E-state index in [4.69, 9.17) is 10.6 Å². The SMILES string of the molecule is Cc1nc(NN)cc(Oc2cc(F)cc(Br)c2)n1. The molecule has 7 heteroatoms. The fourth-order valence-corrected chi connectivity index (χ4v) is 1.82. The third-order valence-electron chi connectivity index (χ3n) is 2.02. The van der Waals surface area contributed by atoms with Crippen LogP contribution in [-0.4, -0.2) is 9.97 Å². The predicted octanol–water partition coefficient (Wildman–Crippen LogP) is 2.76. The van der Waals surface area contributed by atoms with Gasteiger partial charge in [-0.2, -0.15) is 4.98 Å². The van der Waals surface area contributed by atoms with Crippen LogP contribution in [-0.2, 0) is 0 Å². The normalized spacial score (nSPS) is 10.2. The molecule has 0 spiro atoms. The largest absolute Gasteiger partial charge is 0.439 e. The molecule has 0 bridgehead atoms. The number of nitrogen functional groups attached to an aromatic ring is 1. The number of rotatable bonds is 3. The maximum Gasteiger partial charge on any atom is 0.224 e. The van der Waals surface area contributed by atoms with E-state index in [2.05, 4.69) is 31.3 Å². The van der Waals surface area contributed by atoms with Gasteiger partial charge >= 0.3 is 0 Å². The van der Waals surface area contributed by atoms with Gasteiger partial charge in [0.2, 0.25) is 5.88 Å². The smallest absolute Gasteiger partial charge is 0.224 e. The molecule has 0 fully saturated rings. The highest BCUT2D eigenvalue weighted by atomic mass is 79.9. The van der Waals surface area contributed by atoms with Gasteiger partial charge in [-0.15, -0.1) is 0 Å². The number of halogens is 2. The number of hydrazine groups is 1. The van der Waals surface area contributed by atoms with E-state index < -0.39 is 5.82 Å². The van der Waals surface area contributed by atoms with Crippen LogP contribution in [0.15, 0.2) is 28.7 Å². The van der Waals surface area contributed by atoms with Gasteiger partial charge in [-0.1, -0.05) is 15.9 Å². The minimum absolute atomic E-state index is 0.285. The predicted molar refractivity (Wildman–Crippen MR) is 68.8 cm³/mol. The minimum Gasteiger partial charge on any atom is -0.439 e. The lowest BCUT2D eigenvalue weighted by Gasteiger charge is -2.07. The third-order valence-corrected chi connectivity index (χ3v) is 2.48. The Morgan fingerprint density at radius 1 is 1.28 bits per heavy atom. The van der Waals surface area contributed by atoms with Crippen molar-refractivity contribution < 1.29 is 9.13 Å². The maximum absolute atomic E-state index is 13.2. The quantitative estimate of drug-likeness (QED) is 0.673. The zero-order chi connectivity index (χ0) is 13.1. The van der Waals surface area contributed by atoms with Gasteiger partial charge in [-0.3, -0.25) is 0 Å². The van der Waals surface area contributed by atoms with E-state index >= 15 is 0 Å². The number of anilines is 1. The van der Waals surface area contributed by atoms with Crippen molar-refractivity contribution in [2.75, 3.05) is 5.43 Å². The van der Waals surface area contributed by atoms with Crippen LogP contribution in [0.25, 0.3) is 0 Å². The lowest BCUT2D eigenvalue weighted by molar-refractivity contribution is 0.455. The highest BCUT2D eigenvalue weighted by Crippen LogP contribution is 2.25. The van der Waals surface area contributed by atoms with Crippen LogP contribution >= 0.6 is 15.9 Å². The van der Waals surface area contributed by atoms with Gasteiger partial charge < -0.3 is 10.2 Å². The lowest BCUT2D eigenvalue weighted by Crippen LogP contribution is -2.09. The summed E-state index contributed by atoms with van der Waals surface area (Å²) in [4.78, 5) is 8.09. The molecule has 94 valence electrons. The van der Waals surface area contributed by atoms with Crippen LogP contribution in [0.2, 0.25) is 0 Å². The van der Waals surface area contributed by atoms with Gasteiger partial charge in [0, 0.05) is 16.6 Å². The van der Waals surface area contributed by atoms with Crippen LogP contribution in [0.5, 0.6) is 11.6 Å². The summed E-state index contributed by atoms with van der Waals surface area (Å²) in [6.45, 7) is 1.70. The zero-order valence-electron chi connectivity index (χ0n) is 9.45. The second-order valence-corrected chi connectivity index (χ2v) is 4.41. The number of ether oxygens (including phenoxy) is 1. The highest BCUT2D eigenvalue weighted by Gasteiger charge is 2.05. The molecule has 5 nitrogen and oxygen atoms in total. The van der Waals surface area contributed by atoms with Crippen molar-refractivity contribution in [2.24, 2.45) is 5.84 Å². The zero-order valence-corrected chi connectivity index (χ0v) is 11.0. The van der Waals surface area contributed by atoms with Crippen LogP contribution in [0.4, 0.5) is 10.2 Å². The first-order valence-corrected chi connectivity index (χ1v) is 5.82. The summed E-state index contributed by atoms with van der Waals surface area (Å²) in [5.74, 6) is 6.41. The van der Waals surface area contributed by atoms with Crippen molar-refractivity contribution >= 4 is 21.7 Å². The molecule has 3 N–H and O–H groups in total. The Morgan fingerprint density at radius 3 is 2.72 bits per heavy atom. The van der Waals surface area contributed by atoms with Crippen molar-refractivity contribution in [3.8, 4) is 11.6 Å². The van der Waals surface area contributed by atoms with Gasteiger partial charge in [0.15, 0.2) is 0 Å². The fraction of sp³-hybridized carbons (Fsp3) is 0.0909. The molecule has 1 aromatic heterocycles. The first-order chi connectivity index (χ1) is 8.56. The first kappa shape index (κ1) is 12.7. The molecule has 0 atom stereocenters. The maximum atomic E-state index is 13.2. The van der Waals surface area contributed by atoms with E-state index in [0.717, 1.165) is 0 Å². The number of benzene rings is 1. The number of aryl methyl sites for hydroxylation is 1. The van der Waals surface area contributed by atoms with E-state index in [9.17, 15) is 4.39 Å². The summed E-state index contributed by atoms with van der Waals surface area (Å²) in [5.41, 5.74) is 2.40. The molecule has 0 amide bonds. The summed E-state index contributed by atoms with van der Waals surface area (Å²) in [7, 11) is 0. The summed E-state index contributed by atoms with van der Waals surface area (Å²) in [6.07, 6.45) is 0. The molecule has 0 radical (unpaired) electrons. The van der Waals surface area contributed by atoms with E-state index in [-0.39, 0.29) is 5.88 Å². The topological polar surface area (TPSA) is 73.1 Å². The van der Waals surface area contributed by atoms with Gasteiger partial charge in [-0.05, 0) is 19.1 Å². The van der Waals surface area contributed by atoms with Gasteiger partial charge in [0.25, 0.3) is 0 Å². The van der Waals surface area contributed by atoms with Crippen LogP contribution < -0.4 is 16.0 Å². The molecule has 0 aliphatic carbocycles. The molecule has 0 saturated heterocycles. The molecule has 0 aliphatic heterocycles. The standard InChI is InChI=1S/C11H10BrFN4O/c1-6-15-10(17-14)5-11(16-6)18-9-3-7(12)2-8(13)4-9/h2-5H,14H2,1H3,(H,15,16,17). The Bertz CT molecular complexity index is 559. The number of aromatic nitrogens is 2. The summed E-state index contributed by atoms with van der Waals surface area (Å²) in [6, 6.07) is 5.75. The van der Waals surface area contributed by atoms with E-state index in [0.29, 0.717) is 21.9 Å². The molecule has 18 heavy (non-hydrogen) atoms. The van der Waals surface area contributed by atoms with Crippen molar-refractivity contribution in [1.82, 2.24) is 9.97 Å². The fourth-order valence-electron chi connectivity index (χ4n) is 1.37. The molecular formula is C11H10BrFN4O. The molecule has 0 saturated carbocycles. The molecule has 1 heterocycles. The molecular weight excluding hydrogens is 303 g/mol. The second kappa shape index (κ2) is 5.28. The molecule has 0 aliphatic rings. The van der Waals surface area contributed by atoms with Crippen LogP contribution in [0.3, 0.4) is 0 Å². The number of nitrogens with one attached hydrogen (secondary N) is 1. The Kier molecular flexibility index (Phi) is 3.73. The van der Waals surface area contributed by atoms with E-state index in [1.807, 2.05) is 0 Å². The average molecular weight is 313 g/mol. The van der Waals surface area contributed by atoms with Gasteiger partial charge in [0.1, 0.15) is 23.2 Å². The Morgan fingerprint density at radius 2 is 2.06 bits per heavy atom. The van der Waals surface area contributed by atoms with Crippen molar-refractivity contribution in [1.29, 1.82) is 0 Å². The second-order valence-electron chi connectivity index (χ2n) is 3.49.